The van der Waals surface area contributed by atoms with Crippen molar-refractivity contribution in [2.45, 2.75) is 0 Å². The Labute approximate surface area is 201 Å². The Kier molecular flexibility index (Phi) is 7.04. The number of nitrogens with zero attached hydrogens (tertiary/aromatic N) is 3. The van der Waals surface area contributed by atoms with Gasteiger partial charge in [-0.1, -0.05) is 40.9 Å². The molecule has 2 aromatic carbocycles. The molecule has 1 aliphatic heterocycles. The first-order chi connectivity index (χ1) is 13.0. The van der Waals surface area contributed by atoms with E-state index in [2.05, 4.69) is 20.3 Å². The van der Waals surface area contributed by atoms with Crippen molar-refractivity contribution in [3.63, 3.8) is 0 Å². The summed E-state index contributed by atoms with van der Waals surface area (Å²) in [6, 6.07) is 8.71. The van der Waals surface area contributed by atoms with E-state index in [9.17, 15) is 4.79 Å². The number of hydrogen-bond acceptors (Lipinski definition) is 5. The number of benzene rings is 2. The van der Waals surface area contributed by atoms with E-state index >= 15 is 0 Å². The van der Waals surface area contributed by atoms with Gasteiger partial charge in [0.15, 0.2) is 5.17 Å². The van der Waals surface area contributed by atoms with E-state index in [1.807, 2.05) is 18.2 Å². The van der Waals surface area contributed by atoms with Crippen LogP contribution in [0.4, 0.5) is 5.69 Å². The molecule has 0 saturated heterocycles. The monoisotopic (exact) mass is 458 g/mol. The van der Waals surface area contributed by atoms with Gasteiger partial charge in [-0.05, 0) is 47.7 Å². The molecule has 0 saturated carbocycles. The molecule has 10 heteroatoms. The van der Waals surface area contributed by atoms with Crippen LogP contribution in [-0.4, -0.2) is 50.6 Å². The number of amides is 1. The van der Waals surface area contributed by atoms with E-state index in [0.717, 1.165) is 16.6 Å². The van der Waals surface area contributed by atoms with Gasteiger partial charge >= 0.3 is 29.6 Å². The number of thioether (sulfide) groups is 1. The Morgan fingerprint density at radius 2 is 1.64 bits per heavy atom. The topological polar surface area (TPSA) is 67.2 Å². The minimum absolute atomic E-state index is 0. The third-order valence-electron chi connectivity index (χ3n) is 3.65. The van der Waals surface area contributed by atoms with Crippen LogP contribution in [0.3, 0.4) is 0 Å². The molecule has 0 atom stereocenters. The molecule has 2 heterocycles. The van der Waals surface area contributed by atoms with Crippen LogP contribution >= 0.6 is 46.6 Å². The van der Waals surface area contributed by atoms with Crippen molar-refractivity contribution in [2.75, 3.05) is 5.32 Å². The number of hydrogen-bond donors (Lipinski definition) is 1. The Hall–Kier alpha value is -1.12. The Morgan fingerprint density at radius 3 is 2.36 bits per heavy atom. The molecule has 0 aliphatic carbocycles. The summed E-state index contributed by atoms with van der Waals surface area (Å²) in [4.78, 5) is 25.2. The average Bonchev–Trinajstić information content (AvgIpc) is 2.97. The number of carbonyl (C=O) groups excluding carboxylic acids is 1. The molecule has 5 nitrogen and oxygen atoms in total. The molecular weight excluding hydrogens is 450 g/mol. The summed E-state index contributed by atoms with van der Waals surface area (Å²) < 4.78 is 0. The third kappa shape index (κ3) is 4.71. The van der Waals surface area contributed by atoms with E-state index in [0.29, 0.717) is 30.8 Å². The van der Waals surface area contributed by atoms with E-state index < -0.39 is 0 Å². The number of aliphatic imine (C=N–C) groups is 1. The minimum atomic E-state index is -0.344. The first-order valence-corrected chi connectivity index (χ1v) is 9.59. The fourth-order valence-corrected chi connectivity index (χ4v) is 4.18. The maximum atomic E-state index is 12.2. The number of aromatic nitrogens is 2. The second-order valence-electron chi connectivity index (χ2n) is 5.51. The predicted molar refractivity (Wildman–Crippen MR) is 120 cm³/mol. The summed E-state index contributed by atoms with van der Waals surface area (Å²) in [7, 11) is 0. The molecule has 1 aromatic heterocycles. The summed E-state index contributed by atoms with van der Waals surface area (Å²) in [6.07, 6.45) is 5.01. The van der Waals surface area contributed by atoms with Gasteiger partial charge < -0.3 is 5.32 Å². The molecule has 0 fully saturated rings. The van der Waals surface area contributed by atoms with E-state index in [4.69, 9.17) is 34.8 Å². The van der Waals surface area contributed by atoms with E-state index in [1.165, 1.54) is 11.8 Å². The number of carbonyl (C=O) groups is 1. The maximum absolute atomic E-state index is 12.2. The number of nitrogens with one attached hydrogen (secondary N) is 1. The van der Waals surface area contributed by atoms with Gasteiger partial charge in [0.2, 0.25) is 0 Å². The molecule has 1 N–H and O–H groups in total. The van der Waals surface area contributed by atoms with Crippen LogP contribution < -0.4 is 5.32 Å². The zero-order valence-electron chi connectivity index (χ0n) is 13.4. The van der Waals surface area contributed by atoms with Gasteiger partial charge in [-0.2, -0.15) is 4.99 Å². The fraction of sp³-hybridized carbons (Fsp3) is 0. The zero-order valence-corrected chi connectivity index (χ0v) is 16.5. The van der Waals surface area contributed by atoms with Crippen LogP contribution in [0.5, 0.6) is 0 Å². The second kappa shape index (κ2) is 9.13. The molecular formula is C18H10Cl3N4NaOS. The van der Waals surface area contributed by atoms with Crippen LogP contribution in [0.15, 0.2) is 52.6 Å². The number of anilines is 1. The molecule has 1 aliphatic rings. The normalized spacial score (nSPS) is 14.9. The van der Waals surface area contributed by atoms with Crippen molar-refractivity contribution in [3.8, 4) is 0 Å². The van der Waals surface area contributed by atoms with Crippen molar-refractivity contribution in [1.82, 2.24) is 9.97 Å². The molecule has 0 radical (unpaired) electrons. The van der Waals surface area contributed by atoms with Gasteiger partial charge in [0.25, 0.3) is 5.91 Å². The fourth-order valence-electron chi connectivity index (χ4n) is 2.45. The third-order valence-corrected chi connectivity index (χ3v) is 5.36. The number of amidine groups is 1. The first kappa shape index (κ1) is 21.6. The molecule has 136 valence electrons. The van der Waals surface area contributed by atoms with Gasteiger partial charge in [-0.3, -0.25) is 14.8 Å². The molecule has 0 spiro atoms. The zero-order chi connectivity index (χ0) is 19.0. The van der Waals surface area contributed by atoms with Crippen LogP contribution in [0.1, 0.15) is 5.56 Å². The van der Waals surface area contributed by atoms with E-state index in [1.54, 1.807) is 30.6 Å². The molecule has 4 rings (SSSR count). The van der Waals surface area contributed by atoms with Crippen LogP contribution in [-0.2, 0) is 4.79 Å². The van der Waals surface area contributed by atoms with Gasteiger partial charge in [-0.15, -0.1) is 0 Å². The summed E-state index contributed by atoms with van der Waals surface area (Å²) in [5, 5.41) is 4.48. The van der Waals surface area contributed by atoms with Crippen LogP contribution in [0.2, 0.25) is 15.1 Å². The Balaban J connectivity index is 0.00000225. The van der Waals surface area contributed by atoms with Crippen molar-refractivity contribution in [1.29, 1.82) is 0 Å². The summed E-state index contributed by atoms with van der Waals surface area (Å²) in [6.45, 7) is 0. The molecule has 0 unspecified atom stereocenters. The van der Waals surface area contributed by atoms with Gasteiger partial charge in [0.1, 0.15) is 0 Å². The summed E-state index contributed by atoms with van der Waals surface area (Å²) in [5.74, 6) is -0.344. The average molecular weight is 460 g/mol. The van der Waals surface area contributed by atoms with Crippen molar-refractivity contribution >= 4 is 110 Å². The van der Waals surface area contributed by atoms with Gasteiger partial charge in [0.05, 0.1) is 31.7 Å². The van der Waals surface area contributed by atoms with Crippen molar-refractivity contribution in [3.05, 3.63) is 68.3 Å². The van der Waals surface area contributed by atoms with E-state index in [-0.39, 0.29) is 35.5 Å². The molecule has 0 bridgehead atoms. The number of halogens is 3. The first-order valence-electron chi connectivity index (χ1n) is 7.64. The number of rotatable bonds is 2. The van der Waals surface area contributed by atoms with Crippen LogP contribution in [0.25, 0.3) is 17.1 Å². The number of fused-ring (bicyclic) bond motifs is 1. The quantitative estimate of drug-likeness (QED) is 0.430. The standard InChI is InChI=1S/C18H9Cl3N4OS.Na.H/c19-10-7-11(20)16(12(21)8-10)24-18-25-17(26)15(27-18)6-9-1-2-13-14(5-9)23-4-3-22-13;;/h1-8H,(H,24,25,26);;/b15-6-;;. The Bertz CT molecular complexity index is 1130. The van der Waals surface area contributed by atoms with Crippen molar-refractivity contribution < 1.29 is 4.79 Å². The second-order valence-corrected chi connectivity index (χ2v) is 7.79. The van der Waals surface area contributed by atoms with Crippen molar-refractivity contribution in [2.24, 2.45) is 4.99 Å². The van der Waals surface area contributed by atoms with Gasteiger partial charge in [0, 0.05) is 17.4 Å². The predicted octanol–water partition coefficient (Wildman–Crippen LogP) is 5.02. The van der Waals surface area contributed by atoms with Crippen LogP contribution in [0, 0.1) is 0 Å². The SMILES string of the molecule is O=C1N=C(Nc2c(Cl)cc(Cl)cc2Cl)S/C1=C\c1ccc2nccnc2c1.[NaH]. The Morgan fingerprint density at radius 1 is 0.964 bits per heavy atom. The van der Waals surface area contributed by atoms with Gasteiger partial charge in [-0.25, -0.2) is 0 Å². The molecule has 1 amide bonds. The molecule has 3 aromatic rings. The summed E-state index contributed by atoms with van der Waals surface area (Å²) in [5.41, 5.74) is 2.82. The molecule has 28 heavy (non-hydrogen) atoms. The summed E-state index contributed by atoms with van der Waals surface area (Å²) >= 11 is 19.4.